The lowest BCUT2D eigenvalue weighted by atomic mass is 10.2. The third-order valence-corrected chi connectivity index (χ3v) is 3.26. The van der Waals surface area contributed by atoms with E-state index in [9.17, 15) is 0 Å². The van der Waals surface area contributed by atoms with Crippen molar-refractivity contribution in [1.82, 2.24) is 10.6 Å². The van der Waals surface area contributed by atoms with Gasteiger partial charge in [-0.1, -0.05) is 31.5 Å². The number of ether oxygens (including phenoxy) is 2. The van der Waals surface area contributed by atoms with Gasteiger partial charge in [0, 0.05) is 38.9 Å². The average Bonchev–Trinajstić information content (AvgIpc) is 2.57. The van der Waals surface area contributed by atoms with Crippen LogP contribution in [0.15, 0.2) is 29.3 Å². The van der Waals surface area contributed by atoms with Gasteiger partial charge in [0.2, 0.25) is 0 Å². The smallest absolute Gasteiger partial charge is 0.191 e. The van der Waals surface area contributed by atoms with E-state index in [4.69, 9.17) is 9.47 Å². The molecule has 1 aromatic rings. The van der Waals surface area contributed by atoms with Crippen LogP contribution in [-0.4, -0.2) is 39.9 Å². The number of hydrogen-bond donors (Lipinski definition) is 2. The van der Waals surface area contributed by atoms with E-state index in [1.54, 1.807) is 14.2 Å². The fraction of sp³-hybridized carbons (Fsp3) is 0.588. The molecular formula is C17H29N3O2. The van der Waals surface area contributed by atoms with E-state index in [1.807, 2.05) is 24.3 Å². The number of rotatable bonds is 10. The zero-order valence-corrected chi connectivity index (χ0v) is 14.0. The zero-order valence-electron chi connectivity index (χ0n) is 14.0. The van der Waals surface area contributed by atoms with E-state index in [0.29, 0.717) is 6.54 Å². The molecule has 0 aliphatic rings. The Balaban J connectivity index is 2.22. The van der Waals surface area contributed by atoms with E-state index < -0.39 is 0 Å². The SMILES string of the molecule is CCCCOCCCNC(=NC)NCc1ccccc1OC. The lowest BCUT2D eigenvalue weighted by Gasteiger charge is -2.13. The summed E-state index contributed by atoms with van der Waals surface area (Å²) in [6.07, 6.45) is 3.28. The summed E-state index contributed by atoms with van der Waals surface area (Å²) in [5.74, 6) is 1.68. The highest BCUT2D eigenvalue weighted by Crippen LogP contribution is 2.16. The molecule has 5 heteroatoms. The van der Waals surface area contributed by atoms with Crippen LogP contribution in [0, 0.1) is 0 Å². The molecule has 0 radical (unpaired) electrons. The summed E-state index contributed by atoms with van der Waals surface area (Å²) in [5, 5.41) is 6.58. The lowest BCUT2D eigenvalue weighted by molar-refractivity contribution is 0.129. The molecule has 0 aliphatic carbocycles. The van der Waals surface area contributed by atoms with Crippen LogP contribution in [0.25, 0.3) is 0 Å². The Morgan fingerprint density at radius 1 is 1.14 bits per heavy atom. The van der Waals surface area contributed by atoms with Gasteiger partial charge in [-0.2, -0.15) is 0 Å². The topological polar surface area (TPSA) is 54.9 Å². The molecule has 124 valence electrons. The predicted molar refractivity (Wildman–Crippen MR) is 91.5 cm³/mol. The van der Waals surface area contributed by atoms with Gasteiger partial charge in [0.1, 0.15) is 5.75 Å². The molecule has 0 aromatic heterocycles. The number of unbranched alkanes of at least 4 members (excludes halogenated alkanes) is 1. The van der Waals surface area contributed by atoms with Crippen molar-refractivity contribution in [1.29, 1.82) is 0 Å². The van der Waals surface area contributed by atoms with Crippen LogP contribution in [0.1, 0.15) is 31.7 Å². The maximum Gasteiger partial charge on any atom is 0.191 e. The summed E-state index contributed by atoms with van der Waals surface area (Å²) in [6.45, 7) is 5.34. The first-order valence-corrected chi connectivity index (χ1v) is 7.96. The minimum absolute atomic E-state index is 0.677. The van der Waals surface area contributed by atoms with Crippen molar-refractivity contribution < 1.29 is 9.47 Å². The fourth-order valence-electron chi connectivity index (χ4n) is 1.98. The maximum atomic E-state index is 5.53. The molecule has 0 atom stereocenters. The second-order valence-corrected chi connectivity index (χ2v) is 4.98. The maximum absolute atomic E-state index is 5.53. The Morgan fingerprint density at radius 2 is 1.91 bits per heavy atom. The summed E-state index contributed by atoms with van der Waals surface area (Å²) in [4.78, 5) is 4.22. The molecule has 1 rings (SSSR count). The minimum Gasteiger partial charge on any atom is -0.496 e. The number of benzene rings is 1. The summed E-state index contributed by atoms with van der Waals surface area (Å²) in [5.41, 5.74) is 1.11. The number of aliphatic imine (C=N–C) groups is 1. The van der Waals surface area contributed by atoms with Crippen molar-refractivity contribution in [2.75, 3.05) is 33.9 Å². The number of nitrogens with one attached hydrogen (secondary N) is 2. The Kier molecular flexibility index (Phi) is 9.87. The normalized spacial score (nSPS) is 11.3. The quantitative estimate of drug-likeness (QED) is 0.396. The number of hydrogen-bond acceptors (Lipinski definition) is 3. The number of para-hydroxylation sites is 1. The summed E-state index contributed by atoms with van der Waals surface area (Å²) in [6, 6.07) is 7.97. The van der Waals surface area contributed by atoms with Crippen LogP contribution >= 0.6 is 0 Å². The van der Waals surface area contributed by atoms with Crippen molar-refractivity contribution in [3.05, 3.63) is 29.8 Å². The predicted octanol–water partition coefficient (Wildman–Crippen LogP) is 2.57. The zero-order chi connectivity index (χ0) is 16.0. The third kappa shape index (κ3) is 7.31. The molecule has 0 spiro atoms. The highest BCUT2D eigenvalue weighted by molar-refractivity contribution is 5.79. The molecule has 0 bridgehead atoms. The highest BCUT2D eigenvalue weighted by atomic mass is 16.5. The van der Waals surface area contributed by atoms with Crippen LogP contribution in [0.4, 0.5) is 0 Å². The van der Waals surface area contributed by atoms with Gasteiger partial charge in [0.05, 0.1) is 7.11 Å². The molecule has 0 aliphatic heterocycles. The molecule has 22 heavy (non-hydrogen) atoms. The summed E-state index contributed by atoms with van der Waals surface area (Å²) in [7, 11) is 3.46. The third-order valence-electron chi connectivity index (χ3n) is 3.26. The molecule has 2 N–H and O–H groups in total. The van der Waals surface area contributed by atoms with Gasteiger partial charge in [-0.3, -0.25) is 4.99 Å². The number of nitrogens with zero attached hydrogens (tertiary/aromatic N) is 1. The van der Waals surface area contributed by atoms with Gasteiger partial charge in [-0.15, -0.1) is 0 Å². The van der Waals surface area contributed by atoms with Gasteiger partial charge in [0.25, 0.3) is 0 Å². The lowest BCUT2D eigenvalue weighted by Crippen LogP contribution is -2.37. The molecule has 5 nitrogen and oxygen atoms in total. The molecule has 0 saturated heterocycles. The molecule has 1 aromatic carbocycles. The average molecular weight is 307 g/mol. The number of methoxy groups -OCH3 is 1. The van der Waals surface area contributed by atoms with Gasteiger partial charge >= 0.3 is 0 Å². The van der Waals surface area contributed by atoms with Crippen molar-refractivity contribution in [3.8, 4) is 5.75 Å². The second-order valence-electron chi connectivity index (χ2n) is 4.98. The molecular weight excluding hydrogens is 278 g/mol. The van der Waals surface area contributed by atoms with Crippen molar-refractivity contribution >= 4 is 5.96 Å². The van der Waals surface area contributed by atoms with E-state index in [1.165, 1.54) is 6.42 Å². The largest absolute Gasteiger partial charge is 0.496 e. The Morgan fingerprint density at radius 3 is 2.64 bits per heavy atom. The highest BCUT2D eigenvalue weighted by Gasteiger charge is 2.03. The summed E-state index contributed by atoms with van der Waals surface area (Å²) >= 11 is 0. The van der Waals surface area contributed by atoms with Crippen LogP contribution in [-0.2, 0) is 11.3 Å². The van der Waals surface area contributed by atoms with Gasteiger partial charge < -0.3 is 20.1 Å². The first-order valence-electron chi connectivity index (χ1n) is 7.96. The van der Waals surface area contributed by atoms with Crippen LogP contribution < -0.4 is 15.4 Å². The fourth-order valence-corrected chi connectivity index (χ4v) is 1.98. The Labute approximate surface area is 134 Å². The summed E-state index contributed by atoms with van der Waals surface area (Å²) < 4.78 is 10.9. The van der Waals surface area contributed by atoms with E-state index in [0.717, 1.165) is 49.9 Å². The molecule has 0 heterocycles. The standard InChI is InChI=1S/C17H29N3O2/c1-4-5-12-22-13-8-11-19-17(18-2)20-14-15-9-6-7-10-16(15)21-3/h6-7,9-10H,4-5,8,11-14H2,1-3H3,(H2,18,19,20). The second kappa shape index (κ2) is 11.9. The monoisotopic (exact) mass is 307 g/mol. The Bertz CT molecular complexity index is 436. The van der Waals surface area contributed by atoms with E-state index in [-0.39, 0.29) is 0 Å². The molecule has 0 saturated carbocycles. The first kappa shape index (κ1) is 18.3. The van der Waals surface area contributed by atoms with Gasteiger partial charge in [0.15, 0.2) is 5.96 Å². The van der Waals surface area contributed by atoms with Gasteiger partial charge in [-0.25, -0.2) is 0 Å². The van der Waals surface area contributed by atoms with Crippen molar-refractivity contribution in [2.45, 2.75) is 32.7 Å². The molecule has 0 fully saturated rings. The number of guanidine groups is 1. The van der Waals surface area contributed by atoms with E-state index in [2.05, 4.69) is 22.5 Å². The van der Waals surface area contributed by atoms with Gasteiger partial charge in [-0.05, 0) is 18.9 Å². The van der Waals surface area contributed by atoms with Crippen LogP contribution in [0.2, 0.25) is 0 Å². The Hall–Kier alpha value is -1.75. The van der Waals surface area contributed by atoms with Crippen molar-refractivity contribution in [2.24, 2.45) is 4.99 Å². The molecule has 0 unspecified atom stereocenters. The van der Waals surface area contributed by atoms with Crippen molar-refractivity contribution in [3.63, 3.8) is 0 Å². The van der Waals surface area contributed by atoms with E-state index >= 15 is 0 Å². The van der Waals surface area contributed by atoms with Crippen LogP contribution in [0.5, 0.6) is 5.75 Å². The molecule has 0 amide bonds. The first-order chi connectivity index (χ1) is 10.8. The minimum atomic E-state index is 0.677. The van der Waals surface area contributed by atoms with Crippen LogP contribution in [0.3, 0.4) is 0 Å².